The van der Waals surface area contributed by atoms with Crippen LogP contribution in [0.3, 0.4) is 0 Å². The number of carbonyl (C=O) groups is 1. The summed E-state index contributed by atoms with van der Waals surface area (Å²) in [6.07, 6.45) is 7.07. The van der Waals surface area contributed by atoms with Gasteiger partial charge in [-0.2, -0.15) is 0 Å². The van der Waals surface area contributed by atoms with Gasteiger partial charge in [-0.15, -0.1) is 0 Å². The number of esters is 1. The first-order valence-electron chi connectivity index (χ1n) is 9.12. The molecule has 3 aromatic carbocycles. The van der Waals surface area contributed by atoms with Gasteiger partial charge >= 0.3 is 5.97 Å². The van der Waals surface area contributed by atoms with Crippen LogP contribution >= 0.6 is 0 Å². The smallest absolute Gasteiger partial charge is 0.336 e. The third kappa shape index (κ3) is 6.11. The largest absolute Gasteiger partial charge is 0.497 e. The lowest BCUT2D eigenvalue weighted by atomic mass is 10.1. The first-order chi connectivity index (χ1) is 14.2. The Morgan fingerprint density at radius 1 is 0.655 bits per heavy atom. The summed E-state index contributed by atoms with van der Waals surface area (Å²) in [7, 11) is 3.24. The number of hydrogen-bond donors (Lipinski definition) is 0. The van der Waals surface area contributed by atoms with Crippen LogP contribution in [0.15, 0.2) is 78.9 Å². The van der Waals surface area contributed by atoms with Gasteiger partial charge in [0.25, 0.3) is 0 Å². The Bertz CT molecular complexity index is 981. The maximum absolute atomic E-state index is 12.0. The molecule has 0 spiro atoms. The second-order valence-corrected chi connectivity index (χ2v) is 6.21. The molecule has 0 heterocycles. The van der Waals surface area contributed by atoms with Gasteiger partial charge in [0.15, 0.2) is 0 Å². The van der Waals surface area contributed by atoms with Gasteiger partial charge in [-0.3, -0.25) is 0 Å². The minimum atomic E-state index is -0.416. The predicted octanol–water partition coefficient (Wildman–Crippen LogP) is 5.49. The van der Waals surface area contributed by atoms with Crippen LogP contribution in [0.5, 0.6) is 17.2 Å². The fourth-order valence-corrected chi connectivity index (χ4v) is 2.64. The molecule has 0 aliphatic rings. The summed E-state index contributed by atoms with van der Waals surface area (Å²) in [5, 5.41) is 0. The molecule has 0 aromatic heterocycles. The Kier molecular flexibility index (Phi) is 6.85. The molecule has 4 nitrogen and oxygen atoms in total. The summed E-state index contributed by atoms with van der Waals surface area (Å²) in [5.41, 5.74) is 2.88. The molecule has 0 saturated heterocycles. The molecule has 3 rings (SSSR count). The second kappa shape index (κ2) is 9.95. The van der Waals surface area contributed by atoms with Crippen LogP contribution in [0.1, 0.15) is 16.7 Å². The predicted molar refractivity (Wildman–Crippen MR) is 116 cm³/mol. The van der Waals surface area contributed by atoms with Crippen molar-refractivity contribution in [1.82, 2.24) is 0 Å². The Labute approximate surface area is 170 Å². The van der Waals surface area contributed by atoms with Gasteiger partial charge in [0.2, 0.25) is 0 Å². The van der Waals surface area contributed by atoms with Gasteiger partial charge in [-0.25, -0.2) is 4.79 Å². The summed E-state index contributed by atoms with van der Waals surface area (Å²) in [6, 6.07) is 22.6. The van der Waals surface area contributed by atoms with Crippen molar-refractivity contribution in [2.45, 2.75) is 0 Å². The van der Waals surface area contributed by atoms with Gasteiger partial charge in [0.1, 0.15) is 17.2 Å². The van der Waals surface area contributed by atoms with Crippen LogP contribution in [-0.4, -0.2) is 20.2 Å². The van der Waals surface area contributed by atoms with Crippen molar-refractivity contribution in [3.63, 3.8) is 0 Å². The molecule has 3 aromatic rings. The van der Waals surface area contributed by atoms with Gasteiger partial charge in [0, 0.05) is 12.1 Å². The van der Waals surface area contributed by atoms with Crippen molar-refractivity contribution in [2.75, 3.05) is 14.2 Å². The van der Waals surface area contributed by atoms with E-state index in [-0.39, 0.29) is 0 Å². The van der Waals surface area contributed by atoms with Crippen molar-refractivity contribution in [1.29, 1.82) is 0 Å². The van der Waals surface area contributed by atoms with E-state index in [4.69, 9.17) is 14.2 Å². The fraction of sp³-hybridized carbons (Fsp3) is 0.0800. The van der Waals surface area contributed by atoms with Gasteiger partial charge in [-0.05, 0) is 47.0 Å². The molecule has 0 unspecified atom stereocenters. The average Bonchev–Trinajstić information content (AvgIpc) is 2.77. The molecule has 0 N–H and O–H groups in total. The van der Waals surface area contributed by atoms with Crippen LogP contribution in [0.4, 0.5) is 0 Å². The average molecular weight is 386 g/mol. The Morgan fingerprint density at radius 3 is 1.86 bits per heavy atom. The van der Waals surface area contributed by atoms with E-state index in [9.17, 15) is 4.79 Å². The summed E-state index contributed by atoms with van der Waals surface area (Å²) in [4.78, 5) is 12.0. The van der Waals surface area contributed by atoms with E-state index in [1.54, 1.807) is 32.4 Å². The first-order valence-corrected chi connectivity index (χ1v) is 9.12. The highest BCUT2D eigenvalue weighted by Gasteiger charge is 2.01. The maximum Gasteiger partial charge on any atom is 0.336 e. The highest BCUT2D eigenvalue weighted by molar-refractivity contribution is 5.88. The maximum atomic E-state index is 12.0. The monoisotopic (exact) mass is 386 g/mol. The second-order valence-electron chi connectivity index (χ2n) is 6.21. The van der Waals surface area contributed by atoms with Crippen molar-refractivity contribution in [2.24, 2.45) is 0 Å². The van der Waals surface area contributed by atoms with Crippen LogP contribution in [-0.2, 0) is 4.79 Å². The van der Waals surface area contributed by atoms with Crippen molar-refractivity contribution in [3.8, 4) is 17.2 Å². The van der Waals surface area contributed by atoms with Crippen LogP contribution in [0.2, 0.25) is 0 Å². The summed E-state index contributed by atoms with van der Waals surface area (Å²) >= 11 is 0. The number of carbonyl (C=O) groups excluding carboxylic acids is 1. The normalized spacial score (nSPS) is 11.0. The van der Waals surface area contributed by atoms with E-state index >= 15 is 0 Å². The third-order valence-corrected chi connectivity index (χ3v) is 4.15. The third-order valence-electron chi connectivity index (χ3n) is 4.15. The van der Waals surface area contributed by atoms with Crippen LogP contribution in [0.25, 0.3) is 18.2 Å². The van der Waals surface area contributed by atoms with E-state index in [0.29, 0.717) is 5.75 Å². The zero-order valence-corrected chi connectivity index (χ0v) is 16.4. The summed E-state index contributed by atoms with van der Waals surface area (Å²) < 4.78 is 15.9. The van der Waals surface area contributed by atoms with E-state index in [1.165, 1.54) is 6.08 Å². The first kappa shape index (κ1) is 20.0. The lowest BCUT2D eigenvalue weighted by Gasteiger charge is -2.06. The Morgan fingerprint density at radius 2 is 1.24 bits per heavy atom. The number of methoxy groups -OCH3 is 2. The van der Waals surface area contributed by atoms with Gasteiger partial charge in [0.05, 0.1) is 14.2 Å². The summed E-state index contributed by atoms with van der Waals surface area (Å²) in [6.45, 7) is 0. The highest BCUT2D eigenvalue weighted by Crippen LogP contribution is 2.24. The highest BCUT2D eigenvalue weighted by atomic mass is 16.5. The van der Waals surface area contributed by atoms with Crippen molar-refractivity contribution < 1.29 is 19.0 Å². The quantitative estimate of drug-likeness (QED) is 0.233. The molecular weight excluding hydrogens is 364 g/mol. The number of hydrogen-bond acceptors (Lipinski definition) is 4. The molecule has 4 heteroatoms. The molecule has 0 aliphatic carbocycles. The standard InChI is InChI=1S/C25H22O4/c1-27-23-16-21(17-24(18-23)28-2)9-8-20-10-13-22(14-11-20)29-25(26)15-12-19-6-4-3-5-7-19/h3-18H,1-2H3/b9-8+,15-12+. The zero-order chi connectivity index (χ0) is 20.5. The van der Waals surface area contributed by atoms with Gasteiger partial charge < -0.3 is 14.2 Å². The molecule has 29 heavy (non-hydrogen) atoms. The molecular formula is C25H22O4. The molecule has 146 valence electrons. The van der Waals surface area contributed by atoms with E-state index in [2.05, 4.69) is 0 Å². The summed E-state index contributed by atoms with van der Waals surface area (Å²) in [5.74, 6) is 1.54. The number of ether oxygens (including phenoxy) is 3. The zero-order valence-electron chi connectivity index (χ0n) is 16.4. The molecule has 0 atom stereocenters. The van der Waals surface area contributed by atoms with Crippen LogP contribution in [0, 0.1) is 0 Å². The lowest BCUT2D eigenvalue weighted by Crippen LogP contribution is -2.03. The van der Waals surface area contributed by atoms with E-state index < -0.39 is 5.97 Å². The van der Waals surface area contributed by atoms with Crippen molar-refractivity contribution in [3.05, 3.63) is 95.6 Å². The van der Waals surface area contributed by atoms with Gasteiger partial charge in [-0.1, -0.05) is 54.6 Å². The minimum Gasteiger partial charge on any atom is -0.497 e. The molecule has 0 amide bonds. The van der Waals surface area contributed by atoms with E-state index in [1.807, 2.05) is 72.8 Å². The number of benzene rings is 3. The molecule has 0 fully saturated rings. The molecule has 0 bridgehead atoms. The Balaban J connectivity index is 1.62. The van der Waals surface area contributed by atoms with Crippen molar-refractivity contribution >= 4 is 24.2 Å². The number of rotatable bonds is 7. The topological polar surface area (TPSA) is 44.8 Å². The van der Waals surface area contributed by atoms with Crippen LogP contribution < -0.4 is 14.2 Å². The SMILES string of the molecule is COc1cc(/C=C/c2ccc(OC(=O)/C=C/c3ccccc3)cc2)cc(OC)c1. The Hall–Kier alpha value is -3.79. The fourth-order valence-electron chi connectivity index (χ4n) is 2.64. The molecule has 0 aliphatic heterocycles. The lowest BCUT2D eigenvalue weighted by molar-refractivity contribution is -0.128. The minimum absolute atomic E-state index is 0.416. The van der Waals surface area contributed by atoms with E-state index in [0.717, 1.165) is 28.2 Å². The molecule has 0 saturated carbocycles. The molecule has 0 radical (unpaired) electrons.